The first-order valence-corrected chi connectivity index (χ1v) is 6.47. The van der Waals surface area contributed by atoms with Crippen LogP contribution in [-0.2, 0) is 7.05 Å². The molecule has 0 saturated heterocycles. The maximum atomic E-state index is 4.22. The summed E-state index contributed by atoms with van der Waals surface area (Å²) in [6.45, 7) is 2.15. The lowest BCUT2D eigenvalue weighted by atomic mass is 10.1. The molecule has 3 heteroatoms. The molecule has 1 atom stereocenters. The molecule has 0 spiro atoms. The number of aromatic nitrogens is 2. The molecule has 0 aliphatic rings. The summed E-state index contributed by atoms with van der Waals surface area (Å²) in [5, 5.41) is 10.3. The Bertz CT molecular complexity index is 695. The molecule has 1 aromatic heterocycles. The molecule has 3 aromatic rings. The molecule has 3 nitrogen and oxygen atoms in total. The minimum Gasteiger partial charge on any atom is -0.378 e. The number of anilines is 1. The third-order valence-corrected chi connectivity index (χ3v) is 3.39. The molecule has 96 valence electrons. The van der Waals surface area contributed by atoms with Gasteiger partial charge in [0, 0.05) is 29.9 Å². The van der Waals surface area contributed by atoms with Crippen molar-refractivity contribution in [3.05, 3.63) is 60.4 Å². The van der Waals surface area contributed by atoms with E-state index in [0.29, 0.717) is 0 Å². The van der Waals surface area contributed by atoms with Crippen molar-refractivity contribution in [1.29, 1.82) is 0 Å². The van der Waals surface area contributed by atoms with E-state index >= 15 is 0 Å². The Morgan fingerprint density at radius 3 is 2.68 bits per heavy atom. The van der Waals surface area contributed by atoms with Gasteiger partial charge in [0.2, 0.25) is 0 Å². The molecule has 1 heterocycles. The van der Waals surface area contributed by atoms with Crippen LogP contribution in [0.25, 0.3) is 10.8 Å². The highest BCUT2D eigenvalue weighted by Gasteiger charge is 2.08. The number of rotatable bonds is 3. The Labute approximate surface area is 112 Å². The van der Waals surface area contributed by atoms with Crippen molar-refractivity contribution in [1.82, 2.24) is 9.78 Å². The average molecular weight is 251 g/mol. The Morgan fingerprint density at radius 1 is 1.11 bits per heavy atom. The standard InChI is InChI=1S/C16H17N3/c1-12(14-10-17-19(2)11-14)18-16-9-5-7-13-6-3-4-8-15(13)16/h3-12,18H,1-2H3. The van der Waals surface area contributed by atoms with E-state index < -0.39 is 0 Å². The molecule has 1 unspecified atom stereocenters. The Hall–Kier alpha value is -2.29. The van der Waals surface area contributed by atoms with Gasteiger partial charge in [-0.3, -0.25) is 4.68 Å². The predicted molar refractivity (Wildman–Crippen MR) is 79.2 cm³/mol. The van der Waals surface area contributed by atoms with Gasteiger partial charge in [0.15, 0.2) is 0 Å². The van der Waals surface area contributed by atoms with Crippen molar-refractivity contribution in [2.45, 2.75) is 13.0 Å². The van der Waals surface area contributed by atoms with Crippen LogP contribution in [0.1, 0.15) is 18.5 Å². The summed E-state index contributed by atoms with van der Waals surface area (Å²) in [5.74, 6) is 0. The third kappa shape index (κ3) is 2.32. The first kappa shape index (κ1) is 11.8. The van der Waals surface area contributed by atoms with Crippen LogP contribution in [0.4, 0.5) is 5.69 Å². The zero-order chi connectivity index (χ0) is 13.2. The van der Waals surface area contributed by atoms with Crippen LogP contribution in [0.5, 0.6) is 0 Å². The molecule has 0 fully saturated rings. The molecule has 1 N–H and O–H groups in total. The van der Waals surface area contributed by atoms with Gasteiger partial charge in [-0.1, -0.05) is 36.4 Å². The van der Waals surface area contributed by atoms with E-state index in [4.69, 9.17) is 0 Å². The van der Waals surface area contributed by atoms with Gasteiger partial charge in [-0.05, 0) is 18.4 Å². The minimum atomic E-state index is 0.236. The minimum absolute atomic E-state index is 0.236. The smallest absolute Gasteiger partial charge is 0.0542 e. The van der Waals surface area contributed by atoms with E-state index in [1.807, 2.05) is 24.1 Å². The van der Waals surface area contributed by atoms with Crippen molar-refractivity contribution in [3.63, 3.8) is 0 Å². The van der Waals surface area contributed by atoms with Crippen LogP contribution in [0, 0.1) is 0 Å². The van der Waals surface area contributed by atoms with Gasteiger partial charge in [-0.15, -0.1) is 0 Å². The van der Waals surface area contributed by atoms with Crippen molar-refractivity contribution in [2.75, 3.05) is 5.32 Å². The van der Waals surface area contributed by atoms with E-state index in [1.54, 1.807) is 0 Å². The highest BCUT2D eigenvalue weighted by atomic mass is 15.2. The fourth-order valence-corrected chi connectivity index (χ4v) is 2.33. The number of hydrogen-bond acceptors (Lipinski definition) is 2. The fourth-order valence-electron chi connectivity index (χ4n) is 2.33. The zero-order valence-electron chi connectivity index (χ0n) is 11.2. The molecule has 0 saturated carbocycles. The van der Waals surface area contributed by atoms with Gasteiger partial charge in [-0.2, -0.15) is 5.10 Å². The summed E-state index contributed by atoms with van der Waals surface area (Å²) < 4.78 is 1.83. The second-order valence-electron chi connectivity index (χ2n) is 4.84. The first-order chi connectivity index (χ1) is 9.24. The second-order valence-corrected chi connectivity index (χ2v) is 4.84. The summed E-state index contributed by atoms with van der Waals surface area (Å²) in [6.07, 6.45) is 3.95. The van der Waals surface area contributed by atoms with Gasteiger partial charge in [0.05, 0.1) is 12.2 Å². The maximum absolute atomic E-state index is 4.22. The van der Waals surface area contributed by atoms with Gasteiger partial charge < -0.3 is 5.32 Å². The van der Waals surface area contributed by atoms with E-state index in [9.17, 15) is 0 Å². The summed E-state index contributed by atoms with van der Waals surface area (Å²) in [6, 6.07) is 15.0. The number of nitrogens with one attached hydrogen (secondary N) is 1. The topological polar surface area (TPSA) is 29.9 Å². The van der Waals surface area contributed by atoms with E-state index in [1.165, 1.54) is 16.3 Å². The summed E-state index contributed by atoms with van der Waals surface area (Å²) in [7, 11) is 1.94. The lowest BCUT2D eigenvalue weighted by molar-refractivity contribution is 0.765. The van der Waals surface area contributed by atoms with Gasteiger partial charge >= 0.3 is 0 Å². The highest BCUT2D eigenvalue weighted by Crippen LogP contribution is 2.26. The Balaban J connectivity index is 1.93. The highest BCUT2D eigenvalue weighted by molar-refractivity contribution is 5.93. The van der Waals surface area contributed by atoms with Crippen LogP contribution in [0.15, 0.2) is 54.9 Å². The molecular weight excluding hydrogens is 234 g/mol. The monoisotopic (exact) mass is 251 g/mol. The second kappa shape index (κ2) is 4.76. The SMILES string of the molecule is CC(Nc1cccc2ccccc12)c1cnn(C)c1. The van der Waals surface area contributed by atoms with E-state index in [-0.39, 0.29) is 6.04 Å². The van der Waals surface area contributed by atoms with Crippen molar-refractivity contribution in [3.8, 4) is 0 Å². The number of hydrogen-bond donors (Lipinski definition) is 1. The average Bonchev–Trinajstić information content (AvgIpc) is 2.86. The predicted octanol–water partition coefficient (Wildman–Crippen LogP) is 3.75. The molecule has 3 rings (SSSR count). The van der Waals surface area contributed by atoms with Crippen LogP contribution < -0.4 is 5.32 Å². The first-order valence-electron chi connectivity index (χ1n) is 6.47. The number of benzene rings is 2. The van der Waals surface area contributed by atoms with Crippen LogP contribution >= 0.6 is 0 Å². The fraction of sp³-hybridized carbons (Fsp3) is 0.188. The summed E-state index contributed by atoms with van der Waals surface area (Å²) in [4.78, 5) is 0. The number of fused-ring (bicyclic) bond motifs is 1. The normalized spacial score (nSPS) is 12.5. The zero-order valence-corrected chi connectivity index (χ0v) is 11.2. The van der Waals surface area contributed by atoms with Crippen molar-refractivity contribution >= 4 is 16.5 Å². The van der Waals surface area contributed by atoms with E-state index in [2.05, 4.69) is 59.8 Å². The number of aryl methyl sites for hydroxylation is 1. The Kier molecular flexibility index (Phi) is 2.95. The summed E-state index contributed by atoms with van der Waals surface area (Å²) >= 11 is 0. The summed E-state index contributed by atoms with van der Waals surface area (Å²) in [5.41, 5.74) is 2.35. The molecular formula is C16H17N3. The van der Waals surface area contributed by atoms with Gasteiger partial charge in [0.25, 0.3) is 0 Å². The van der Waals surface area contributed by atoms with Crippen LogP contribution in [0.3, 0.4) is 0 Å². The molecule has 19 heavy (non-hydrogen) atoms. The molecule has 0 aliphatic heterocycles. The quantitative estimate of drug-likeness (QED) is 0.768. The van der Waals surface area contributed by atoms with Crippen LogP contribution in [-0.4, -0.2) is 9.78 Å². The van der Waals surface area contributed by atoms with Gasteiger partial charge in [-0.25, -0.2) is 0 Å². The van der Waals surface area contributed by atoms with E-state index in [0.717, 1.165) is 5.69 Å². The molecule has 0 aliphatic carbocycles. The molecule has 0 bridgehead atoms. The molecule has 0 amide bonds. The molecule has 0 radical (unpaired) electrons. The van der Waals surface area contributed by atoms with Crippen LogP contribution in [0.2, 0.25) is 0 Å². The molecule has 2 aromatic carbocycles. The number of nitrogens with zero attached hydrogens (tertiary/aromatic N) is 2. The lowest BCUT2D eigenvalue weighted by Gasteiger charge is -2.15. The van der Waals surface area contributed by atoms with Crippen molar-refractivity contribution in [2.24, 2.45) is 7.05 Å². The van der Waals surface area contributed by atoms with Gasteiger partial charge in [0.1, 0.15) is 0 Å². The Morgan fingerprint density at radius 2 is 1.89 bits per heavy atom. The van der Waals surface area contributed by atoms with Crippen molar-refractivity contribution < 1.29 is 0 Å². The third-order valence-electron chi connectivity index (χ3n) is 3.39. The largest absolute Gasteiger partial charge is 0.378 e. The maximum Gasteiger partial charge on any atom is 0.0542 e. The lowest BCUT2D eigenvalue weighted by Crippen LogP contribution is -2.06.